The van der Waals surface area contributed by atoms with Crippen LogP contribution in [0.25, 0.3) is 0 Å². The zero-order valence-electron chi connectivity index (χ0n) is 12.8. The van der Waals surface area contributed by atoms with Crippen LogP contribution in [0, 0.1) is 5.92 Å². The molecule has 112 valence electrons. The van der Waals surface area contributed by atoms with Crippen molar-refractivity contribution < 1.29 is 4.74 Å². The van der Waals surface area contributed by atoms with Crippen molar-refractivity contribution in [2.75, 3.05) is 19.8 Å². The number of benzene rings is 1. The molecule has 1 aliphatic carbocycles. The van der Waals surface area contributed by atoms with Gasteiger partial charge in [0.2, 0.25) is 0 Å². The van der Waals surface area contributed by atoms with Gasteiger partial charge in [-0.2, -0.15) is 0 Å². The van der Waals surface area contributed by atoms with E-state index in [4.69, 9.17) is 4.74 Å². The lowest BCUT2D eigenvalue weighted by molar-refractivity contribution is 0.115. The summed E-state index contributed by atoms with van der Waals surface area (Å²) in [5.41, 5.74) is 1.42. The molecule has 20 heavy (non-hydrogen) atoms. The molecule has 2 nitrogen and oxygen atoms in total. The zero-order chi connectivity index (χ0) is 14.0. The first-order valence-corrected chi connectivity index (χ1v) is 8.25. The highest BCUT2D eigenvalue weighted by Gasteiger charge is 2.25. The molecule has 0 saturated heterocycles. The second-order valence-electron chi connectivity index (χ2n) is 5.85. The first-order valence-electron chi connectivity index (χ1n) is 8.25. The Morgan fingerprint density at radius 1 is 1.15 bits per heavy atom. The SMILES string of the molecule is CCNC1CCCC1CCOCCCc1ccccc1. The molecule has 0 spiro atoms. The summed E-state index contributed by atoms with van der Waals surface area (Å²) < 4.78 is 5.82. The summed E-state index contributed by atoms with van der Waals surface area (Å²) in [6.07, 6.45) is 7.60. The van der Waals surface area contributed by atoms with Crippen molar-refractivity contribution in [3.8, 4) is 0 Å². The van der Waals surface area contributed by atoms with Gasteiger partial charge in [-0.1, -0.05) is 43.7 Å². The fraction of sp³-hybridized carbons (Fsp3) is 0.667. The maximum Gasteiger partial charge on any atom is 0.0469 e. The van der Waals surface area contributed by atoms with Crippen LogP contribution in [0.3, 0.4) is 0 Å². The largest absolute Gasteiger partial charge is 0.381 e. The van der Waals surface area contributed by atoms with Crippen LogP contribution >= 0.6 is 0 Å². The van der Waals surface area contributed by atoms with Crippen LogP contribution in [0.4, 0.5) is 0 Å². The van der Waals surface area contributed by atoms with E-state index >= 15 is 0 Å². The summed E-state index contributed by atoms with van der Waals surface area (Å²) in [4.78, 5) is 0. The normalized spacial score (nSPS) is 22.2. The molecule has 0 amide bonds. The predicted octanol–water partition coefficient (Wildman–Crippen LogP) is 3.80. The van der Waals surface area contributed by atoms with Crippen LogP contribution in [0.2, 0.25) is 0 Å². The van der Waals surface area contributed by atoms with E-state index in [2.05, 4.69) is 42.6 Å². The summed E-state index contributed by atoms with van der Waals surface area (Å²) in [5, 5.41) is 3.61. The van der Waals surface area contributed by atoms with E-state index in [1.165, 1.54) is 31.2 Å². The zero-order valence-corrected chi connectivity index (χ0v) is 12.8. The van der Waals surface area contributed by atoms with Gasteiger partial charge in [0, 0.05) is 19.3 Å². The van der Waals surface area contributed by atoms with E-state index in [0.29, 0.717) is 0 Å². The molecule has 1 aromatic carbocycles. The fourth-order valence-electron chi connectivity index (χ4n) is 3.27. The van der Waals surface area contributed by atoms with Crippen molar-refractivity contribution in [2.45, 2.75) is 51.5 Å². The van der Waals surface area contributed by atoms with Crippen molar-refractivity contribution in [1.82, 2.24) is 5.32 Å². The van der Waals surface area contributed by atoms with Gasteiger partial charge in [0.15, 0.2) is 0 Å². The third-order valence-electron chi connectivity index (χ3n) is 4.36. The van der Waals surface area contributed by atoms with Gasteiger partial charge in [-0.15, -0.1) is 0 Å². The molecule has 0 aromatic heterocycles. The van der Waals surface area contributed by atoms with Crippen LogP contribution in [-0.2, 0) is 11.2 Å². The Labute approximate surface area is 123 Å². The van der Waals surface area contributed by atoms with E-state index in [0.717, 1.165) is 44.6 Å². The molecule has 0 radical (unpaired) electrons. The molecule has 2 unspecified atom stereocenters. The third-order valence-corrected chi connectivity index (χ3v) is 4.36. The van der Waals surface area contributed by atoms with Gasteiger partial charge in [-0.3, -0.25) is 0 Å². The van der Waals surface area contributed by atoms with Gasteiger partial charge in [0.1, 0.15) is 0 Å². The highest BCUT2D eigenvalue weighted by molar-refractivity contribution is 5.14. The maximum atomic E-state index is 5.82. The number of ether oxygens (including phenoxy) is 1. The predicted molar refractivity (Wildman–Crippen MR) is 85.0 cm³/mol. The average molecular weight is 275 g/mol. The Morgan fingerprint density at radius 3 is 2.80 bits per heavy atom. The van der Waals surface area contributed by atoms with E-state index < -0.39 is 0 Å². The lowest BCUT2D eigenvalue weighted by Gasteiger charge is -2.20. The molecule has 1 fully saturated rings. The van der Waals surface area contributed by atoms with E-state index in [1.54, 1.807) is 0 Å². The first-order chi connectivity index (χ1) is 9.90. The molecular weight excluding hydrogens is 246 g/mol. The van der Waals surface area contributed by atoms with Crippen molar-refractivity contribution in [3.63, 3.8) is 0 Å². The topological polar surface area (TPSA) is 21.3 Å². The van der Waals surface area contributed by atoms with Crippen molar-refractivity contribution in [1.29, 1.82) is 0 Å². The molecule has 2 atom stereocenters. The number of hydrogen-bond acceptors (Lipinski definition) is 2. The highest BCUT2D eigenvalue weighted by Crippen LogP contribution is 2.28. The smallest absolute Gasteiger partial charge is 0.0469 e. The monoisotopic (exact) mass is 275 g/mol. The Balaban J connectivity index is 1.51. The van der Waals surface area contributed by atoms with E-state index in [1.807, 2.05) is 0 Å². The quantitative estimate of drug-likeness (QED) is 0.692. The summed E-state index contributed by atoms with van der Waals surface area (Å²) in [6, 6.07) is 11.4. The number of nitrogens with one attached hydrogen (secondary N) is 1. The number of hydrogen-bond donors (Lipinski definition) is 1. The van der Waals surface area contributed by atoms with Gasteiger partial charge >= 0.3 is 0 Å². The van der Waals surface area contributed by atoms with Crippen LogP contribution in [0.5, 0.6) is 0 Å². The van der Waals surface area contributed by atoms with Gasteiger partial charge in [0.05, 0.1) is 0 Å². The van der Waals surface area contributed by atoms with Gasteiger partial charge < -0.3 is 10.1 Å². The molecule has 1 saturated carbocycles. The van der Waals surface area contributed by atoms with Crippen molar-refractivity contribution in [2.24, 2.45) is 5.92 Å². The van der Waals surface area contributed by atoms with Gasteiger partial charge in [-0.05, 0) is 50.1 Å². The minimum atomic E-state index is 0.743. The summed E-state index contributed by atoms with van der Waals surface area (Å²) in [6.45, 7) is 5.13. The third kappa shape index (κ3) is 5.26. The Bertz CT molecular complexity index is 352. The standard InChI is InChI=1S/C18H29NO/c1-2-19-18-12-6-11-17(18)13-15-20-14-7-10-16-8-4-3-5-9-16/h3-5,8-9,17-19H,2,6-7,10-15H2,1H3. The fourth-order valence-corrected chi connectivity index (χ4v) is 3.27. The maximum absolute atomic E-state index is 5.82. The second-order valence-corrected chi connectivity index (χ2v) is 5.85. The Kier molecular flexibility index (Phi) is 7.10. The van der Waals surface area contributed by atoms with Crippen LogP contribution in [0.1, 0.15) is 44.6 Å². The number of aryl methyl sites for hydroxylation is 1. The van der Waals surface area contributed by atoms with E-state index in [-0.39, 0.29) is 0 Å². The van der Waals surface area contributed by atoms with Gasteiger partial charge in [0.25, 0.3) is 0 Å². The highest BCUT2D eigenvalue weighted by atomic mass is 16.5. The molecule has 1 aliphatic rings. The lowest BCUT2D eigenvalue weighted by atomic mass is 10.00. The summed E-state index contributed by atoms with van der Waals surface area (Å²) in [7, 11) is 0. The minimum Gasteiger partial charge on any atom is -0.381 e. The van der Waals surface area contributed by atoms with Crippen LogP contribution in [-0.4, -0.2) is 25.8 Å². The molecule has 1 N–H and O–H groups in total. The Hall–Kier alpha value is -0.860. The molecule has 1 aromatic rings. The molecule has 0 bridgehead atoms. The van der Waals surface area contributed by atoms with Crippen LogP contribution < -0.4 is 5.32 Å². The van der Waals surface area contributed by atoms with Crippen molar-refractivity contribution >= 4 is 0 Å². The average Bonchev–Trinajstić information content (AvgIpc) is 2.92. The molecular formula is C18H29NO. The number of rotatable bonds is 9. The molecule has 2 rings (SSSR count). The summed E-state index contributed by atoms with van der Waals surface area (Å²) in [5.74, 6) is 0.837. The van der Waals surface area contributed by atoms with Crippen molar-refractivity contribution in [3.05, 3.63) is 35.9 Å². The summed E-state index contributed by atoms with van der Waals surface area (Å²) >= 11 is 0. The second kappa shape index (κ2) is 9.15. The minimum absolute atomic E-state index is 0.743. The Morgan fingerprint density at radius 2 is 2.00 bits per heavy atom. The van der Waals surface area contributed by atoms with Crippen LogP contribution in [0.15, 0.2) is 30.3 Å². The first kappa shape index (κ1) is 15.5. The molecule has 2 heteroatoms. The van der Waals surface area contributed by atoms with Gasteiger partial charge in [-0.25, -0.2) is 0 Å². The lowest BCUT2D eigenvalue weighted by Crippen LogP contribution is -2.32. The van der Waals surface area contributed by atoms with E-state index in [9.17, 15) is 0 Å². The molecule has 0 aliphatic heterocycles. The molecule has 0 heterocycles.